The van der Waals surface area contributed by atoms with Gasteiger partial charge in [-0.3, -0.25) is 0 Å². The van der Waals surface area contributed by atoms with E-state index in [1.54, 1.807) is 24.4 Å². The van der Waals surface area contributed by atoms with Gasteiger partial charge in [-0.25, -0.2) is 15.0 Å². The van der Waals surface area contributed by atoms with E-state index in [2.05, 4.69) is 15.0 Å². The van der Waals surface area contributed by atoms with Crippen LogP contribution >= 0.6 is 23.2 Å². The molecule has 16 heavy (non-hydrogen) atoms. The van der Waals surface area contributed by atoms with Gasteiger partial charge in [0, 0.05) is 6.20 Å². The molecule has 0 unspecified atom stereocenters. The van der Waals surface area contributed by atoms with Crippen LogP contribution < -0.4 is 0 Å². The zero-order valence-electron chi connectivity index (χ0n) is 8.14. The van der Waals surface area contributed by atoms with Crippen LogP contribution in [0.15, 0.2) is 47.8 Å². The van der Waals surface area contributed by atoms with Crippen LogP contribution in [0.1, 0.15) is 5.69 Å². The molecule has 0 N–H and O–H groups in total. The van der Waals surface area contributed by atoms with Gasteiger partial charge < -0.3 is 0 Å². The predicted octanol–water partition coefficient (Wildman–Crippen LogP) is 3.45. The number of benzene rings is 1. The van der Waals surface area contributed by atoms with Gasteiger partial charge in [0.1, 0.15) is 12.0 Å². The maximum Gasteiger partial charge on any atom is 0.155 e. The normalized spacial score (nSPS) is 11.5. The molecule has 0 fully saturated rings. The molecular formula is C11H7Cl2N3. The maximum atomic E-state index is 6.01. The van der Waals surface area contributed by atoms with Crippen molar-refractivity contribution in [2.24, 2.45) is 4.99 Å². The molecule has 1 aromatic heterocycles. The third-order valence-electron chi connectivity index (χ3n) is 1.86. The van der Waals surface area contributed by atoms with Crippen LogP contribution in [0, 0.1) is 0 Å². The number of nitrogens with zero attached hydrogens (tertiary/aromatic N) is 3. The van der Waals surface area contributed by atoms with Crippen molar-refractivity contribution in [3.05, 3.63) is 53.6 Å². The van der Waals surface area contributed by atoms with E-state index in [0.717, 1.165) is 0 Å². The average Bonchev–Trinajstić information content (AvgIpc) is 2.33. The summed E-state index contributed by atoms with van der Waals surface area (Å²) in [7, 11) is 0. The largest absolute Gasteiger partial charge is 0.245 e. The Bertz CT molecular complexity index is 512. The van der Waals surface area contributed by atoms with E-state index >= 15 is 0 Å². The number of aromatic nitrogens is 2. The van der Waals surface area contributed by atoms with Crippen molar-refractivity contribution in [3.8, 4) is 0 Å². The second kappa shape index (κ2) is 5.05. The maximum absolute atomic E-state index is 6.01. The lowest BCUT2D eigenvalue weighted by Gasteiger charge is -1.99. The van der Waals surface area contributed by atoms with Crippen molar-refractivity contribution in [3.63, 3.8) is 0 Å². The number of hydrogen-bond donors (Lipinski definition) is 0. The first-order valence-electron chi connectivity index (χ1n) is 4.52. The Morgan fingerprint density at radius 3 is 2.69 bits per heavy atom. The molecule has 3 nitrogen and oxygen atoms in total. The van der Waals surface area contributed by atoms with Gasteiger partial charge in [-0.2, -0.15) is 0 Å². The van der Waals surface area contributed by atoms with Crippen LogP contribution in [0.2, 0.25) is 5.02 Å². The van der Waals surface area contributed by atoms with E-state index in [0.29, 0.717) is 16.4 Å². The average molecular weight is 252 g/mol. The minimum atomic E-state index is 0.288. The Hall–Kier alpha value is -1.45. The molecule has 2 aromatic rings. The Morgan fingerprint density at radius 2 is 2.00 bits per heavy atom. The molecule has 2 rings (SSSR count). The highest BCUT2D eigenvalue weighted by Gasteiger charge is 2.02. The standard InChI is InChI=1S/C11H7Cl2N3/c12-8-3-1-2-4-9(8)16-11(13)10-5-6-14-7-15-10/h1-7H/b16-11-. The van der Waals surface area contributed by atoms with Crippen molar-refractivity contribution in [2.45, 2.75) is 0 Å². The van der Waals surface area contributed by atoms with Crippen LogP contribution in [0.5, 0.6) is 0 Å². The zero-order valence-corrected chi connectivity index (χ0v) is 9.65. The summed E-state index contributed by atoms with van der Waals surface area (Å²) in [5.74, 6) is 0. The fourth-order valence-corrected chi connectivity index (χ4v) is 1.50. The first kappa shape index (κ1) is 11.0. The smallest absolute Gasteiger partial charge is 0.155 e. The SMILES string of the molecule is Cl/C(=N\c1ccccc1Cl)c1ccncn1. The van der Waals surface area contributed by atoms with Crippen LogP contribution in [0.3, 0.4) is 0 Å². The molecule has 0 saturated carbocycles. The fourth-order valence-electron chi connectivity index (χ4n) is 1.12. The Morgan fingerprint density at radius 1 is 1.19 bits per heavy atom. The van der Waals surface area contributed by atoms with E-state index in [4.69, 9.17) is 23.2 Å². The third-order valence-corrected chi connectivity index (χ3v) is 2.46. The van der Waals surface area contributed by atoms with E-state index in [9.17, 15) is 0 Å². The molecule has 0 aliphatic heterocycles. The minimum Gasteiger partial charge on any atom is -0.245 e. The molecule has 0 saturated heterocycles. The van der Waals surface area contributed by atoms with Gasteiger partial charge in [-0.15, -0.1) is 0 Å². The highest BCUT2D eigenvalue weighted by molar-refractivity contribution is 6.69. The molecule has 0 bridgehead atoms. The Kier molecular flexibility index (Phi) is 3.49. The quantitative estimate of drug-likeness (QED) is 0.767. The van der Waals surface area contributed by atoms with E-state index < -0.39 is 0 Å². The first-order chi connectivity index (χ1) is 7.77. The predicted molar refractivity (Wildman–Crippen MR) is 65.5 cm³/mol. The second-order valence-electron chi connectivity index (χ2n) is 2.95. The van der Waals surface area contributed by atoms with E-state index in [1.807, 2.05) is 12.1 Å². The van der Waals surface area contributed by atoms with Gasteiger partial charge in [0.25, 0.3) is 0 Å². The van der Waals surface area contributed by atoms with Gasteiger partial charge in [0.15, 0.2) is 5.17 Å². The molecule has 0 aliphatic carbocycles. The van der Waals surface area contributed by atoms with Gasteiger partial charge >= 0.3 is 0 Å². The summed E-state index contributed by atoms with van der Waals surface area (Å²) in [6.45, 7) is 0. The Balaban J connectivity index is 2.36. The Labute approximate surface area is 103 Å². The molecule has 1 aromatic carbocycles. The van der Waals surface area contributed by atoms with Crippen LogP contribution in [0.25, 0.3) is 0 Å². The molecule has 0 radical (unpaired) electrons. The monoisotopic (exact) mass is 251 g/mol. The summed E-state index contributed by atoms with van der Waals surface area (Å²) in [5, 5.41) is 0.838. The molecule has 0 atom stereocenters. The number of halogens is 2. The van der Waals surface area contributed by atoms with Crippen LogP contribution in [-0.2, 0) is 0 Å². The second-order valence-corrected chi connectivity index (χ2v) is 3.71. The number of hydrogen-bond acceptors (Lipinski definition) is 3. The van der Waals surface area contributed by atoms with Crippen molar-refractivity contribution in [2.75, 3.05) is 0 Å². The van der Waals surface area contributed by atoms with Crippen molar-refractivity contribution in [1.82, 2.24) is 9.97 Å². The highest BCUT2D eigenvalue weighted by atomic mass is 35.5. The molecule has 0 amide bonds. The summed E-state index contributed by atoms with van der Waals surface area (Å²) in [6, 6.07) is 8.90. The topological polar surface area (TPSA) is 38.1 Å². The van der Waals surface area contributed by atoms with Crippen LogP contribution in [-0.4, -0.2) is 15.1 Å². The summed E-state index contributed by atoms with van der Waals surface area (Å²) < 4.78 is 0. The minimum absolute atomic E-state index is 0.288. The van der Waals surface area contributed by atoms with Crippen molar-refractivity contribution >= 4 is 34.1 Å². The lowest BCUT2D eigenvalue weighted by Crippen LogP contribution is -1.94. The van der Waals surface area contributed by atoms with Gasteiger partial charge in [0.2, 0.25) is 0 Å². The van der Waals surface area contributed by atoms with Gasteiger partial charge in [-0.05, 0) is 18.2 Å². The molecule has 0 aliphatic rings. The summed E-state index contributed by atoms with van der Waals surface area (Å²) in [4.78, 5) is 12.0. The van der Waals surface area contributed by atoms with E-state index in [-0.39, 0.29) is 5.17 Å². The summed E-state index contributed by atoms with van der Waals surface area (Å²) in [5.41, 5.74) is 1.18. The number of para-hydroxylation sites is 1. The van der Waals surface area contributed by atoms with Crippen molar-refractivity contribution in [1.29, 1.82) is 0 Å². The molecule has 80 valence electrons. The first-order valence-corrected chi connectivity index (χ1v) is 5.28. The fraction of sp³-hybridized carbons (Fsp3) is 0. The summed E-state index contributed by atoms with van der Waals surface area (Å²) in [6.07, 6.45) is 3.02. The number of rotatable bonds is 2. The zero-order chi connectivity index (χ0) is 11.4. The molecule has 1 heterocycles. The highest BCUT2D eigenvalue weighted by Crippen LogP contribution is 2.24. The lowest BCUT2D eigenvalue weighted by molar-refractivity contribution is 1.15. The third kappa shape index (κ3) is 2.56. The van der Waals surface area contributed by atoms with E-state index in [1.165, 1.54) is 6.33 Å². The molecule has 0 spiro atoms. The van der Waals surface area contributed by atoms with Crippen LogP contribution in [0.4, 0.5) is 5.69 Å². The molecule has 5 heteroatoms. The molecular weight excluding hydrogens is 245 g/mol. The van der Waals surface area contributed by atoms with Gasteiger partial charge in [0.05, 0.1) is 10.7 Å². The van der Waals surface area contributed by atoms with Crippen molar-refractivity contribution < 1.29 is 0 Å². The number of aliphatic imine (C=N–C) groups is 1. The lowest BCUT2D eigenvalue weighted by atomic mass is 10.3. The summed E-state index contributed by atoms with van der Waals surface area (Å²) >= 11 is 12.0. The van der Waals surface area contributed by atoms with Gasteiger partial charge in [-0.1, -0.05) is 35.3 Å².